The van der Waals surface area contributed by atoms with E-state index in [-0.39, 0.29) is 0 Å². The zero-order chi connectivity index (χ0) is 13.2. The van der Waals surface area contributed by atoms with Crippen molar-refractivity contribution in [2.45, 2.75) is 33.6 Å². The highest BCUT2D eigenvalue weighted by Gasteiger charge is 2.29. The van der Waals surface area contributed by atoms with Gasteiger partial charge in [-0.3, -0.25) is 0 Å². The molecule has 1 aliphatic carbocycles. The molecule has 0 bridgehead atoms. The summed E-state index contributed by atoms with van der Waals surface area (Å²) in [6.45, 7) is 14.7. The Balaban J connectivity index is 1.71. The number of rotatable bonds is 5. The monoisotopic (exact) mass is 270 g/mol. The second-order valence-corrected chi connectivity index (χ2v) is 7.66. The Labute approximate surface area is 119 Å². The van der Waals surface area contributed by atoms with Crippen molar-refractivity contribution in [2.75, 3.05) is 45.0 Å². The molecule has 2 nitrogen and oxygen atoms in total. The second kappa shape index (κ2) is 6.15. The molecule has 0 spiro atoms. The van der Waals surface area contributed by atoms with Gasteiger partial charge in [-0.2, -0.15) is 12.6 Å². The number of hydrogen-bond acceptors (Lipinski definition) is 3. The van der Waals surface area contributed by atoms with Crippen LogP contribution in [0.1, 0.15) is 33.6 Å². The summed E-state index contributed by atoms with van der Waals surface area (Å²) in [6, 6.07) is 0. The van der Waals surface area contributed by atoms with Crippen molar-refractivity contribution in [3.8, 4) is 0 Å². The van der Waals surface area contributed by atoms with Gasteiger partial charge in [-0.05, 0) is 35.8 Å². The topological polar surface area (TPSA) is 6.48 Å². The Hall–Kier alpha value is 0.270. The summed E-state index contributed by atoms with van der Waals surface area (Å²) in [5, 5.41) is 0. The summed E-state index contributed by atoms with van der Waals surface area (Å²) in [6.07, 6.45) is 2.96. The van der Waals surface area contributed by atoms with Crippen LogP contribution in [-0.4, -0.2) is 54.8 Å². The fourth-order valence-electron chi connectivity index (χ4n) is 2.74. The summed E-state index contributed by atoms with van der Waals surface area (Å²) in [4.78, 5) is 5.32. The molecule has 1 saturated carbocycles. The molecule has 2 aliphatic rings. The molecule has 1 aliphatic heterocycles. The van der Waals surface area contributed by atoms with Crippen LogP contribution >= 0.6 is 12.6 Å². The van der Waals surface area contributed by atoms with Crippen molar-refractivity contribution < 1.29 is 0 Å². The maximum absolute atomic E-state index is 4.54. The van der Waals surface area contributed by atoms with E-state index in [9.17, 15) is 0 Å². The third kappa shape index (κ3) is 4.43. The van der Waals surface area contributed by atoms with Crippen LogP contribution in [0.15, 0.2) is 0 Å². The maximum Gasteiger partial charge on any atom is 0.0110 e. The molecule has 0 radical (unpaired) electrons. The SMILES string of the molecule is CC(C)(C)C(CS)CN1CCN(CC2CC2)CC1. The fourth-order valence-corrected chi connectivity index (χ4v) is 3.40. The van der Waals surface area contributed by atoms with Gasteiger partial charge in [0.1, 0.15) is 0 Å². The lowest BCUT2D eigenvalue weighted by molar-refractivity contribution is 0.0948. The van der Waals surface area contributed by atoms with Crippen LogP contribution in [0.25, 0.3) is 0 Å². The Kier molecular flexibility index (Phi) is 5.01. The van der Waals surface area contributed by atoms with Crippen LogP contribution < -0.4 is 0 Å². The molecule has 0 aromatic rings. The molecular formula is C15H30N2S. The van der Waals surface area contributed by atoms with Gasteiger partial charge in [0.05, 0.1) is 0 Å². The Bertz CT molecular complexity index is 250. The van der Waals surface area contributed by atoms with Gasteiger partial charge in [-0.1, -0.05) is 20.8 Å². The molecule has 0 aromatic carbocycles. The predicted octanol–water partition coefficient (Wildman–Crippen LogP) is 2.61. The van der Waals surface area contributed by atoms with Gasteiger partial charge < -0.3 is 9.80 Å². The molecule has 0 amide bonds. The summed E-state index contributed by atoms with van der Waals surface area (Å²) in [5.74, 6) is 2.75. The first-order valence-electron chi connectivity index (χ1n) is 7.54. The number of piperazine rings is 1. The van der Waals surface area contributed by atoms with E-state index in [2.05, 4.69) is 43.2 Å². The number of hydrogen-bond donors (Lipinski definition) is 1. The van der Waals surface area contributed by atoms with Gasteiger partial charge in [0.15, 0.2) is 0 Å². The third-order valence-corrected chi connectivity index (χ3v) is 5.04. The number of thiol groups is 1. The fraction of sp³-hybridized carbons (Fsp3) is 1.00. The number of nitrogens with zero attached hydrogens (tertiary/aromatic N) is 2. The van der Waals surface area contributed by atoms with Crippen molar-refractivity contribution in [1.29, 1.82) is 0 Å². The van der Waals surface area contributed by atoms with Gasteiger partial charge >= 0.3 is 0 Å². The Morgan fingerprint density at radius 2 is 1.61 bits per heavy atom. The lowest BCUT2D eigenvalue weighted by Gasteiger charge is -2.39. The molecular weight excluding hydrogens is 240 g/mol. The van der Waals surface area contributed by atoms with Crippen molar-refractivity contribution in [1.82, 2.24) is 9.80 Å². The maximum atomic E-state index is 4.54. The molecule has 1 saturated heterocycles. The lowest BCUT2D eigenvalue weighted by atomic mass is 9.81. The third-order valence-electron chi connectivity index (χ3n) is 4.60. The van der Waals surface area contributed by atoms with E-state index < -0.39 is 0 Å². The average molecular weight is 270 g/mol. The summed E-state index contributed by atoms with van der Waals surface area (Å²) in [5.41, 5.74) is 0.382. The predicted molar refractivity (Wildman–Crippen MR) is 82.4 cm³/mol. The quantitative estimate of drug-likeness (QED) is 0.767. The smallest absolute Gasteiger partial charge is 0.0110 e. The minimum Gasteiger partial charge on any atom is -0.301 e. The Morgan fingerprint density at radius 1 is 1.06 bits per heavy atom. The average Bonchev–Trinajstić information content (AvgIpc) is 3.10. The van der Waals surface area contributed by atoms with Crippen LogP contribution in [0.3, 0.4) is 0 Å². The van der Waals surface area contributed by atoms with E-state index >= 15 is 0 Å². The minimum absolute atomic E-state index is 0.382. The van der Waals surface area contributed by atoms with Crippen LogP contribution in [0, 0.1) is 17.3 Å². The lowest BCUT2D eigenvalue weighted by Crippen LogP contribution is -2.49. The summed E-state index contributed by atoms with van der Waals surface area (Å²) >= 11 is 4.54. The molecule has 106 valence electrons. The van der Waals surface area contributed by atoms with Crippen LogP contribution in [0.5, 0.6) is 0 Å². The van der Waals surface area contributed by atoms with Crippen LogP contribution in [0.4, 0.5) is 0 Å². The molecule has 1 heterocycles. The minimum atomic E-state index is 0.382. The van der Waals surface area contributed by atoms with E-state index in [1.165, 1.54) is 52.1 Å². The molecule has 3 heteroatoms. The van der Waals surface area contributed by atoms with Crippen molar-refractivity contribution in [3.63, 3.8) is 0 Å². The first-order valence-corrected chi connectivity index (χ1v) is 8.18. The first-order chi connectivity index (χ1) is 8.49. The van der Waals surface area contributed by atoms with Gasteiger partial charge in [0.2, 0.25) is 0 Å². The van der Waals surface area contributed by atoms with Gasteiger partial charge in [0, 0.05) is 39.3 Å². The largest absolute Gasteiger partial charge is 0.301 e. The van der Waals surface area contributed by atoms with E-state index in [1.807, 2.05) is 0 Å². The van der Waals surface area contributed by atoms with E-state index in [0.29, 0.717) is 11.3 Å². The molecule has 1 unspecified atom stereocenters. The van der Waals surface area contributed by atoms with Gasteiger partial charge in [0.25, 0.3) is 0 Å². The van der Waals surface area contributed by atoms with Crippen LogP contribution in [0.2, 0.25) is 0 Å². The van der Waals surface area contributed by atoms with Gasteiger partial charge in [-0.25, -0.2) is 0 Å². The van der Waals surface area contributed by atoms with Crippen molar-refractivity contribution in [2.24, 2.45) is 17.3 Å². The molecule has 0 N–H and O–H groups in total. The highest BCUT2D eigenvalue weighted by atomic mass is 32.1. The van der Waals surface area contributed by atoms with Crippen molar-refractivity contribution >= 4 is 12.6 Å². The van der Waals surface area contributed by atoms with Gasteiger partial charge in [-0.15, -0.1) is 0 Å². The zero-order valence-corrected chi connectivity index (χ0v) is 13.3. The standard InChI is InChI=1S/C15H30N2S/c1-15(2,3)14(12-18)11-17-8-6-16(7-9-17)10-13-4-5-13/h13-14,18H,4-12H2,1-3H3. The Morgan fingerprint density at radius 3 is 2.06 bits per heavy atom. The molecule has 2 fully saturated rings. The normalized spacial score (nSPS) is 25.3. The van der Waals surface area contributed by atoms with E-state index in [4.69, 9.17) is 0 Å². The molecule has 18 heavy (non-hydrogen) atoms. The molecule has 2 rings (SSSR count). The molecule has 1 atom stereocenters. The summed E-state index contributed by atoms with van der Waals surface area (Å²) in [7, 11) is 0. The van der Waals surface area contributed by atoms with Crippen molar-refractivity contribution in [3.05, 3.63) is 0 Å². The van der Waals surface area contributed by atoms with Crippen LogP contribution in [-0.2, 0) is 0 Å². The first kappa shape index (κ1) is 14.7. The zero-order valence-electron chi connectivity index (χ0n) is 12.4. The highest BCUT2D eigenvalue weighted by Crippen LogP contribution is 2.30. The van der Waals surface area contributed by atoms with E-state index in [1.54, 1.807) is 0 Å². The molecule has 0 aromatic heterocycles. The summed E-state index contributed by atoms with van der Waals surface area (Å²) < 4.78 is 0. The second-order valence-electron chi connectivity index (χ2n) is 7.29. The highest BCUT2D eigenvalue weighted by molar-refractivity contribution is 7.80. The van der Waals surface area contributed by atoms with E-state index in [0.717, 1.165) is 11.7 Å².